The third kappa shape index (κ3) is 3.80. The Kier molecular flexibility index (Phi) is 4.68. The standard InChI is InChI=1S/C11H14F3N3O2/c1-3-6-7(4-2)16-17-9(8(6)10(18)19)15-5-11(12,13)14/h3-5H2,1-2H3,(H,15,17)(H,18,19). The molecular formula is C11H14F3N3O2. The first-order chi connectivity index (χ1) is 8.80. The Morgan fingerprint density at radius 3 is 2.32 bits per heavy atom. The van der Waals surface area contributed by atoms with Gasteiger partial charge in [-0.3, -0.25) is 0 Å². The highest BCUT2D eigenvalue weighted by Crippen LogP contribution is 2.22. The first-order valence-electron chi connectivity index (χ1n) is 5.72. The van der Waals surface area contributed by atoms with Gasteiger partial charge in [-0.05, 0) is 18.4 Å². The van der Waals surface area contributed by atoms with Gasteiger partial charge in [0.05, 0.1) is 5.69 Å². The number of nitrogens with zero attached hydrogens (tertiary/aromatic N) is 2. The largest absolute Gasteiger partial charge is 0.478 e. The van der Waals surface area contributed by atoms with Gasteiger partial charge in [0, 0.05) is 0 Å². The zero-order valence-electron chi connectivity index (χ0n) is 10.5. The summed E-state index contributed by atoms with van der Waals surface area (Å²) < 4.78 is 36.4. The number of aromatic carboxylic acids is 1. The van der Waals surface area contributed by atoms with Crippen molar-refractivity contribution < 1.29 is 23.1 Å². The molecule has 0 radical (unpaired) electrons. The monoisotopic (exact) mass is 277 g/mol. The number of hydrogen-bond donors (Lipinski definition) is 2. The molecule has 106 valence electrons. The lowest BCUT2D eigenvalue weighted by molar-refractivity contribution is -0.115. The average Bonchev–Trinajstić information content (AvgIpc) is 2.33. The topological polar surface area (TPSA) is 75.1 Å². The van der Waals surface area contributed by atoms with E-state index in [2.05, 4.69) is 10.2 Å². The van der Waals surface area contributed by atoms with Gasteiger partial charge in [0.1, 0.15) is 12.1 Å². The fourth-order valence-corrected chi connectivity index (χ4v) is 1.71. The second kappa shape index (κ2) is 5.85. The van der Waals surface area contributed by atoms with Crippen molar-refractivity contribution >= 4 is 11.8 Å². The summed E-state index contributed by atoms with van der Waals surface area (Å²) in [5, 5.41) is 18.4. The number of halogens is 3. The molecule has 2 N–H and O–H groups in total. The molecule has 1 rings (SSSR count). The highest BCUT2D eigenvalue weighted by atomic mass is 19.4. The van der Waals surface area contributed by atoms with Crippen molar-refractivity contribution in [2.75, 3.05) is 11.9 Å². The molecule has 0 bridgehead atoms. The van der Waals surface area contributed by atoms with E-state index in [0.717, 1.165) is 0 Å². The molecule has 0 spiro atoms. The Bertz CT molecular complexity index is 475. The van der Waals surface area contributed by atoms with Gasteiger partial charge in [-0.25, -0.2) is 4.79 Å². The highest BCUT2D eigenvalue weighted by Gasteiger charge is 2.29. The Balaban J connectivity index is 3.21. The van der Waals surface area contributed by atoms with E-state index in [-0.39, 0.29) is 11.4 Å². The van der Waals surface area contributed by atoms with Crippen LogP contribution in [0.15, 0.2) is 0 Å². The summed E-state index contributed by atoms with van der Waals surface area (Å²) in [5.74, 6) is -1.66. The Morgan fingerprint density at radius 1 is 1.26 bits per heavy atom. The molecule has 1 heterocycles. The number of carboxylic acid groups (broad SMARTS) is 1. The van der Waals surface area contributed by atoms with Crippen molar-refractivity contribution in [2.45, 2.75) is 32.9 Å². The van der Waals surface area contributed by atoms with Crippen LogP contribution in [0.4, 0.5) is 19.0 Å². The summed E-state index contributed by atoms with van der Waals surface area (Å²) in [6.45, 7) is 2.14. The van der Waals surface area contributed by atoms with Crippen molar-refractivity contribution in [3.63, 3.8) is 0 Å². The Hall–Kier alpha value is -1.86. The lowest BCUT2D eigenvalue weighted by Crippen LogP contribution is -2.24. The number of aromatic nitrogens is 2. The maximum Gasteiger partial charge on any atom is 0.405 e. The fraction of sp³-hybridized carbons (Fsp3) is 0.545. The van der Waals surface area contributed by atoms with Gasteiger partial charge in [0.2, 0.25) is 0 Å². The van der Waals surface area contributed by atoms with Gasteiger partial charge >= 0.3 is 12.1 Å². The Morgan fingerprint density at radius 2 is 1.89 bits per heavy atom. The Labute approximate surface area is 107 Å². The summed E-state index contributed by atoms with van der Waals surface area (Å²) in [6, 6.07) is 0. The summed E-state index contributed by atoms with van der Waals surface area (Å²) in [4.78, 5) is 11.2. The second-order valence-electron chi connectivity index (χ2n) is 3.83. The number of alkyl halides is 3. The molecule has 8 heteroatoms. The smallest absolute Gasteiger partial charge is 0.405 e. The number of hydrogen-bond acceptors (Lipinski definition) is 4. The molecular weight excluding hydrogens is 263 g/mol. The number of rotatable bonds is 5. The molecule has 0 fully saturated rings. The van der Waals surface area contributed by atoms with Crippen LogP contribution in [0.3, 0.4) is 0 Å². The van der Waals surface area contributed by atoms with Gasteiger partial charge in [-0.2, -0.15) is 18.3 Å². The predicted octanol–water partition coefficient (Wildman–Crippen LogP) is 2.27. The summed E-state index contributed by atoms with van der Waals surface area (Å²) in [5.41, 5.74) is 0.658. The van der Waals surface area contributed by atoms with E-state index in [9.17, 15) is 18.0 Å². The number of aryl methyl sites for hydroxylation is 1. The summed E-state index contributed by atoms with van der Waals surface area (Å²) in [7, 11) is 0. The van der Waals surface area contributed by atoms with Crippen LogP contribution in [0.1, 0.15) is 35.5 Å². The van der Waals surface area contributed by atoms with E-state index in [1.807, 2.05) is 5.32 Å². The molecule has 0 atom stereocenters. The van der Waals surface area contributed by atoms with E-state index in [4.69, 9.17) is 5.11 Å². The molecule has 0 unspecified atom stereocenters. The average molecular weight is 277 g/mol. The van der Waals surface area contributed by atoms with Crippen LogP contribution in [0, 0.1) is 0 Å². The number of anilines is 1. The molecule has 0 aromatic carbocycles. The minimum atomic E-state index is -4.45. The fourth-order valence-electron chi connectivity index (χ4n) is 1.71. The summed E-state index contributed by atoms with van der Waals surface area (Å²) >= 11 is 0. The van der Waals surface area contributed by atoms with Crippen LogP contribution in [0.5, 0.6) is 0 Å². The van der Waals surface area contributed by atoms with Crippen LogP contribution >= 0.6 is 0 Å². The number of nitrogens with one attached hydrogen (secondary N) is 1. The van der Waals surface area contributed by atoms with Gasteiger partial charge < -0.3 is 10.4 Å². The van der Waals surface area contributed by atoms with Crippen LogP contribution in [-0.4, -0.2) is 34.0 Å². The van der Waals surface area contributed by atoms with Crippen molar-refractivity contribution in [3.05, 3.63) is 16.8 Å². The third-order valence-electron chi connectivity index (χ3n) is 2.52. The van der Waals surface area contributed by atoms with Gasteiger partial charge in [-0.15, -0.1) is 5.10 Å². The second-order valence-corrected chi connectivity index (χ2v) is 3.83. The minimum Gasteiger partial charge on any atom is -0.478 e. The third-order valence-corrected chi connectivity index (χ3v) is 2.52. The van der Waals surface area contributed by atoms with E-state index >= 15 is 0 Å². The molecule has 0 amide bonds. The number of carboxylic acids is 1. The first kappa shape index (κ1) is 15.2. The van der Waals surface area contributed by atoms with E-state index in [0.29, 0.717) is 24.1 Å². The molecule has 0 aliphatic rings. The lowest BCUT2D eigenvalue weighted by atomic mass is 10.0. The maximum absolute atomic E-state index is 12.1. The highest BCUT2D eigenvalue weighted by molar-refractivity contribution is 5.95. The van der Waals surface area contributed by atoms with E-state index < -0.39 is 18.7 Å². The van der Waals surface area contributed by atoms with E-state index in [1.54, 1.807) is 13.8 Å². The predicted molar refractivity (Wildman–Crippen MR) is 62.3 cm³/mol. The molecule has 0 aliphatic carbocycles. The molecule has 19 heavy (non-hydrogen) atoms. The molecule has 1 aromatic rings. The maximum atomic E-state index is 12.1. The molecule has 0 aliphatic heterocycles. The molecule has 5 nitrogen and oxygen atoms in total. The normalized spacial score (nSPS) is 11.4. The number of carbonyl (C=O) groups is 1. The zero-order valence-corrected chi connectivity index (χ0v) is 10.5. The van der Waals surface area contributed by atoms with Crippen LogP contribution in [-0.2, 0) is 12.8 Å². The van der Waals surface area contributed by atoms with E-state index in [1.165, 1.54) is 0 Å². The summed E-state index contributed by atoms with van der Waals surface area (Å²) in [6.07, 6.45) is -3.62. The molecule has 0 saturated carbocycles. The molecule has 0 saturated heterocycles. The van der Waals surface area contributed by atoms with Gasteiger partial charge in [-0.1, -0.05) is 13.8 Å². The van der Waals surface area contributed by atoms with Crippen LogP contribution < -0.4 is 5.32 Å². The SMILES string of the molecule is CCc1nnc(NCC(F)(F)F)c(C(=O)O)c1CC. The van der Waals surface area contributed by atoms with Crippen LogP contribution in [0.25, 0.3) is 0 Å². The quantitative estimate of drug-likeness (QED) is 0.863. The lowest BCUT2D eigenvalue weighted by Gasteiger charge is -2.14. The van der Waals surface area contributed by atoms with Gasteiger partial charge in [0.25, 0.3) is 0 Å². The van der Waals surface area contributed by atoms with Crippen molar-refractivity contribution in [2.24, 2.45) is 0 Å². The van der Waals surface area contributed by atoms with Gasteiger partial charge in [0.15, 0.2) is 5.82 Å². The first-order valence-corrected chi connectivity index (χ1v) is 5.72. The van der Waals surface area contributed by atoms with Crippen molar-refractivity contribution in [3.8, 4) is 0 Å². The van der Waals surface area contributed by atoms with Crippen molar-refractivity contribution in [1.82, 2.24) is 10.2 Å². The van der Waals surface area contributed by atoms with Crippen molar-refractivity contribution in [1.29, 1.82) is 0 Å². The molecule has 1 aromatic heterocycles. The van der Waals surface area contributed by atoms with Crippen LogP contribution in [0.2, 0.25) is 0 Å². The minimum absolute atomic E-state index is 0.237. The zero-order chi connectivity index (χ0) is 14.6.